The zero-order valence-corrected chi connectivity index (χ0v) is 6.94. The second-order valence-electron chi connectivity index (χ2n) is 2.59. The second kappa shape index (κ2) is 3.73. The van der Waals surface area contributed by atoms with E-state index in [1.54, 1.807) is 0 Å². The van der Waals surface area contributed by atoms with Crippen molar-refractivity contribution in [2.24, 2.45) is 0 Å². The van der Waals surface area contributed by atoms with Gasteiger partial charge in [0.2, 0.25) is 0 Å². The van der Waals surface area contributed by atoms with Crippen molar-refractivity contribution in [1.29, 1.82) is 0 Å². The lowest BCUT2D eigenvalue weighted by atomic mass is 10.3. The maximum atomic E-state index is 12.7. The molecule has 14 heavy (non-hydrogen) atoms. The summed E-state index contributed by atoms with van der Waals surface area (Å²) in [6.07, 6.45) is -4.43. The summed E-state index contributed by atoms with van der Waals surface area (Å²) in [5.74, 6) is -1.00. The molecule has 0 saturated heterocycles. The molecule has 0 amide bonds. The number of alkyl halides is 3. The standard InChI is InChI=1S/C8H7F4NO/c9-6-3-5(1-2-7(6)13)14-4-8(10,11)12/h1-3H,4,13H2. The van der Waals surface area contributed by atoms with Crippen LogP contribution in [0.25, 0.3) is 0 Å². The number of hydrogen-bond donors (Lipinski definition) is 1. The van der Waals surface area contributed by atoms with Gasteiger partial charge in [0.15, 0.2) is 6.61 Å². The molecule has 0 spiro atoms. The van der Waals surface area contributed by atoms with Crippen LogP contribution < -0.4 is 10.5 Å². The molecule has 0 aromatic heterocycles. The van der Waals surface area contributed by atoms with E-state index >= 15 is 0 Å². The molecule has 0 fully saturated rings. The van der Waals surface area contributed by atoms with E-state index in [0.29, 0.717) is 0 Å². The van der Waals surface area contributed by atoms with E-state index in [2.05, 4.69) is 4.74 Å². The van der Waals surface area contributed by atoms with Crippen molar-refractivity contribution < 1.29 is 22.3 Å². The van der Waals surface area contributed by atoms with E-state index in [9.17, 15) is 17.6 Å². The quantitative estimate of drug-likeness (QED) is 0.599. The monoisotopic (exact) mass is 209 g/mol. The summed E-state index contributed by atoms with van der Waals surface area (Å²) < 4.78 is 52.0. The highest BCUT2D eigenvalue weighted by atomic mass is 19.4. The van der Waals surface area contributed by atoms with Crippen molar-refractivity contribution in [3.63, 3.8) is 0 Å². The van der Waals surface area contributed by atoms with Gasteiger partial charge in [-0.15, -0.1) is 0 Å². The molecule has 0 radical (unpaired) electrons. The molecule has 0 unspecified atom stereocenters. The molecule has 0 aliphatic rings. The maximum Gasteiger partial charge on any atom is 0.422 e. The number of nitrogen functional groups attached to an aromatic ring is 1. The first-order valence-corrected chi connectivity index (χ1v) is 3.63. The Morgan fingerprint density at radius 3 is 2.43 bits per heavy atom. The topological polar surface area (TPSA) is 35.2 Å². The highest BCUT2D eigenvalue weighted by molar-refractivity contribution is 5.43. The van der Waals surface area contributed by atoms with Gasteiger partial charge in [-0.25, -0.2) is 4.39 Å². The van der Waals surface area contributed by atoms with Crippen LogP contribution in [0.15, 0.2) is 18.2 Å². The lowest BCUT2D eigenvalue weighted by Crippen LogP contribution is -2.19. The molecule has 0 aliphatic carbocycles. The summed E-state index contributed by atoms with van der Waals surface area (Å²) in [6.45, 7) is -1.45. The number of benzene rings is 1. The van der Waals surface area contributed by atoms with Gasteiger partial charge in [-0.05, 0) is 12.1 Å². The molecule has 2 N–H and O–H groups in total. The van der Waals surface area contributed by atoms with Crippen molar-refractivity contribution in [1.82, 2.24) is 0 Å². The summed E-state index contributed by atoms with van der Waals surface area (Å²) in [5.41, 5.74) is 4.98. The molecule has 78 valence electrons. The average molecular weight is 209 g/mol. The molecule has 1 aromatic rings. The van der Waals surface area contributed by atoms with Crippen LogP contribution in [-0.2, 0) is 0 Å². The Kier molecular flexibility index (Phi) is 2.83. The predicted octanol–water partition coefficient (Wildman–Crippen LogP) is 2.35. The Labute approximate surface area is 77.3 Å². The SMILES string of the molecule is Nc1ccc(OCC(F)(F)F)cc1F. The maximum absolute atomic E-state index is 12.7. The van der Waals surface area contributed by atoms with E-state index in [-0.39, 0.29) is 11.4 Å². The van der Waals surface area contributed by atoms with Crippen LogP contribution in [0.1, 0.15) is 0 Å². The van der Waals surface area contributed by atoms with E-state index in [4.69, 9.17) is 5.73 Å². The van der Waals surface area contributed by atoms with Gasteiger partial charge >= 0.3 is 6.18 Å². The number of anilines is 1. The van der Waals surface area contributed by atoms with Crippen molar-refractivity contribution in [3.05, 3.63) is 24.0 Å². The summed E-state index contributed by atoms with van der Waals surface area (Å²) >= 11 is 0. The first-order chi connectivity index (χ1) is 6.38. The van der Waals surface area contributed by atoms with Crippen molar-refractivity contribution >= 4 is 5.69 Å². The zero-order chi connectivity index (χ0) is 10.8. The molecule has 0 saturated carbocycles. The van der Waals surface area contributed by atoms with Gasteiger partial charge in [0.1, 0.15) is 11.6 Å². The fraction of sp³-hybridized carbons (Fsp3) is 0.250. The highest BCUT2D eigenvalue weighted by Gasteiger charge is 2.28. The Morgan fingerprint density at radius 1 is 1.29 bits per heavy atom. The van der Waals surface area contributed by atoms with Crippen LogP contribution in [-0.4, -0.2) is 12.8 Å². The number of nitrogens with two attached hydrogens (primary N) is 1. The number of halogens is 4. The van der Waals surface area contributed by atoms with E-state index in [1.165, 1.54) is 6.07 Å². The minimum atomic E-state index is -4.43. The minimum Gasteiger partial charge on any atom is -0.484 e. The van der Waals surface area contributed by atoms with Gasteiger partial charge in [0.05, 0.1) is 5.69 Å². The molecular formula is C8H7F4NO. The third kappa shape index (κ3) is 3.12. The van der Waals surface area contributed by atoms with Gasteiger partial charge < -0.3 is 10.5 Å². The molecule has 0 atom stereocenters. The van der Waals surface area contributed by atoms with E-state index in [1.807, 2.05) is 0 Å². The van der Waals surface area contributed by atoms with Crippen LogP contribution in [0.4, 0.5) is 23.2 Å². The summed E-state index contributed by atoms with van der Waals surface area (Å²) in [4.78, 5) is 0. The third-order valence-corrected chi connectivity index (χ3v) is 1.37. The molecular weight excluding hydrogens is 202 g/mol. The molecule has 6 heteroatoms. The molecule has 1 rings (SSSR count). The third-order valence-electron chi connectivity index (χ3n) is 1.37. The normalized spacial score (nSPS) is 11.4. The van der Waals surface area contributed by atoms with Gasteiger partial charge in [-0.3, -0.25) is 0 Å². The summed E-state index contributed by atoms with van der Waals surface area (Å²) in [6, 6.07) is 3.12. The van der Waals surface area contributed by atoms with Crippen LogP contribution in [0.2, 0.25) is 0 Å². The van der Waals surface area contributed by atoms with Gasteiger partial charge in [0.25, 0.3) is 0 Å². The van der Waals surface area contributed by atoms with Crippen molar-refractivity contribution in [3.8, 4) is 5.75 Å². The summed E-state index contributed by atoms with van der Waals surface area (Å²) in [5, 5.41) is 0. The first-order valence-electron chi connectivity index (χ1n) is 3.63. The second-order valence-corrected chi connectivity index (χ2v) is 2.59. The van der Waals surface area contributed by atoms with Gasteiger partial charge in [-0.2, -0.15) is 13.2 Å². The van der Waals surface area contributed by atoms with Crippen molar-refractivity contribution in [2.45, 2.75) is 6.18 Å². The van der Waals surface area contributed by atoms with E-state index < -0.39 is 18.6 Å². The Bertz CT molecular complexity index is 324. The number of rotatable bonds is 2. The largest absolute Gasteiger partial charge is 0.484 e. The van der Waals surface area contributed by atoms with Gasteiger partial charge in [0, 0.05) is 6.07 Å². The fourth-order valence-electron chi connectivity index (χ4n) is 0.763. The smallest absolute Gasteiger partial charge is 0.422 e. The van der Waals surface area contributed by atoms with Crippen LogP contribution in [0, 0.1) is 5.82 Å². The Morgan fingerprint density at radius 2 is 1.93 bits per heavy atom. The molecule has 1 aromatic carbocycles. The Hall–Kier alpha value is -1.46. The molecule has 2 nitrogen and oxygen atoms in total. The molecule has 0 bridgehead atoms. The van der Waals surface area contributed by atoms with Gasteiger partial charge in [-0.1, -0.05) is 0 Å². The molecule has 0 heterocycles. The first kappa shape index (κ1) is 10.6. The molecule has 0 aliphatic heterocycles. The van der Waals surface area contributed by atoms with E-state index in [0.717, 1.165) is 12.1 Å². The Balaban J connectivity index is 2.65. The summed E-state index contributed by atoms with van der Waals surface area (Å²) in [7, 11) is 0. The highest BCUT2D eigenvalue weighted by Crippen LogP contribution is 2.21. The van der Waals surface area contributed by atoms with Crippen molar-refractivity contribution in [2.75, 3.05) is 12.3 Å². The van der Waals surface area contributed by atoms with Crippen LogP contribution >= 0.6 is 0 Å². The zero-order valence-electron chi connectivity index (χ0n) is 6.94. The number of ether oxygens (including phenoxy) is 1. The lowest BCUT2D eigenvalue weighted by molar-refractivity contribution is -0.153. The lowest BCUT2D eigenvalue weighted by Gasteiger charge is -2.09. The number of hydrogen-bond acceptors (Lipinski definition) is 2. The predicted molar refractivity (Wildman–Crippen MR) is 42.4 cm³/mol. The van der Waals surface area contributed by atoms with Crippen LogP contribution in [0.5, 0.6) is 5.75 Å². The fourth-order valence-corrected chi connectivity index (χ4v) is 0.763. The minimum absolute atomic E-state index is 0.135. The average Bonchev–Trinajstić information content (AvgIpc) is 2.06. The van der Waals surface area contributed by atoms with Crippen LogP contribution in [0.3, 0.4) is 0 Å².